The SMILES string of the molecule is Fc1ccccc1-c1noc(CCc2nc([C@@H]3CCOC3)no2)n1. The lowest BCUT2D eigenvalue weighted by molar-refractivity contribution is 0.192. The number of hydrogen-bond acceptors (Lipinski definition) is 7. The fourth-order valence-corrected chi connectivity index (χ4v) is 2.60. The van der Waals surface area contributed by atoms with Gasteiger partial charge in [-0.1, -0.05) is 22.4 Å². The fraction of sp³-hybridized carbons (Fsp3) is 0.375. The second kappa shape index (κ2) is 6.48. The van der Waals surface area contributed by atoms with Gasteiger partial charge in [0, 0.05) is 25.4 Å². The van der Waals surface area contributed by atoms with Gasteiger partial charge < -0.3 is 13.8 Å². The van der Waals surface area contributed by atoms with Crippen LogP contribution in [0.4, 0.5) is 4.39 Å². The van der Waals surface area contributed by atoms with E-state index in [1.165, 1.54) is 6.07 Å². The topological polar surface area (TPSA) is 87.1 Å². The van der Waals surface area contributed by atoms with Crippen molar-refractivity contribution in [2.75, 3.05) is 13.2 Å². The van der Waals surface area contributed by atoms with Crippen molar-refractivity contribution >= 4 is 0 Å². The summed E-state index contributed by atoms with van der Waals surface area (Å²) in [5.74, 6) is 1.65. The van der Waals surface area contributed by atoms with Gasteiger partial charge in [0.25, 0.3) is 0 Å². The second-order valence-corrected chi connectivity index (χ2v) is 5.60. The molecule has 8 heteroatoms. The van der Waals surface area contributed by atoms with Crippen molar-refractivity contribution in [1.82, 2.24) is 20.3 Å². The van der Waals surface area contributed by atoms with Crippen LogP contribution in [-0.2, 0) is 17.6 Å². The molecule has 0 saturated carbocycles. The molecular formula is C16H15FN4O3. The highest BCUT2D eigenvalue weighted by atomic mass is 19.1. The smallest absolute Gasteiger partial charge is 0.227 e. The lowest BCUT2D eigenvalue weighted by Gasteiger charge is -1.97. The van der Waals surface area contributed by atoms with Crippen LogP contribution in [0.15, 0.2) is 33.3 Å². The van der Waals surface area contributed by atoms with E-state index in [-0.39, 0.29) is 17.6 Å². The maximum Gasteiger partial charge on any atom is 0.227 e. The first-order valence-electron chi connectivity index (χ1n) is 7.77. The number of hydrogen-bond donors (Lipinski definition) is 0. The van der Waals surface area contributed by atoms with Crippen LogP contribution < -0.4 is 0 Å². The fourth-order valence-electron chi connectivity index (χ4n) is 2.60. The lowest BCUT2D eigenvalue weighted by Crippen LogP contribution is -2.00. The molecule has 7 nitrogen and oxygen atoms in total. The average Bonchev–Trinajstić information content (AvgIpc) is 3.34. The molecule has 1 atom stereocenters. The largest absolute Gasteiger partial charge is 0.381 e. The molecule has 3 heterocycles. The molecule has 1 aliphatic rings. The molecule has 124 valence electrons. The zero-order valence-corrected chi connectivity index (χ0v) is 12.8. The van der Waals surface area contributed by atoms with Crippen LogP contribution >= 0.6 is 0 Å². The first-order chi connectivity index (χ1) is 11.8. The van der Waals surface area contributed by atoms with E-state index in [2.05, 4.69) is 20.3 Å². The van der Waals surface area contributed by atoms with E-state index in [0.29, 0.717) is 42.6 Å². The third kappa shape index (κ3) is 3.05. The summed E-state index contributed by atoms with van der Waals surface area (Å²) < 4.78 is 29.4. The molecule has 24 heavy (non-hydrogen) atoms. The molecule has 1 fully saturated rings. The van der Waals surface area contributed by atoms with Gasteiger partial charge in [0.15, 0.2) is 5.82 Å². The molecule has 1 aliphatic heterocycles. The molecule has 4 rings (SSSR count). The zero-order valence-electron chi connectivity index (χ0n) is 12.8. The van der Waals surface area contributed by atoms with Crippen LogP contribution in [0.3, 0.4) is 0 Å². The summed E-state index contributed by atoms with van der Waals surface area (Å²) >= 11 is 0. The quantitative estimate of drug-likeness (QED) is 0.710. The van der Waals surface area contributed by atoms with Crippen LogP contribution in [0.2, 0.25) is 0 Å². The van der Waals surface area contributed by atoms with Gasteiger partial charge in [0.2, 0.25) is 17.6 Å². The zero-order chi connectivity index (χ0) is 16.4. The Bertz CT molecular complexity index is 826. The van der Waals surface area contributed by atoms with Crippen molar-refractivity contribution in [2.24, 2.45) is 0 Å². The van der Waals surface area contributed by atoms with E-state index in [9.17, 15) is 4.39 Å². The molecule has 0 spiro atoms. The summed E-state index contributed by atoms with van der Waals surface area (Å²) in [5, 5.41) is 7.81. The predicted molar refractivity (Wildman–Crippen MR) is 79.6 cm³/mol. The van der Waals surface area contributed by atoms with Gasteiger partial charge in [-0.2, -0.15) is 9.97 Å². The maximum absolute atomic E-state index is 13.7. The van der Waals surface area contributed by atoms with E-state index in [1.54, 1.807) is 18.2 Å². The van der Waals surface area contributed by atoms with Crippen molar-refractivity contribution in [3.63, 3.8) is 0 Å². The van der Waals surface area contributed by atoms with Crippen LogP contribution in [0.25, 0.3) is 11.4 Å². The Morgan fingerprint density at radius 1 is 1.04 bits per heavy atom. The summed E-state index contributed by atoms with van der Waals surface area (Å²) in [7, 11) is 0. The maximum atomic E-state index is 13.7. The molecule has 0 radical (unpaired) electrons. The highest BCUT2D eigenvalue weighted by Crippen LogP contribution is 2.23. The minimum absolute atomic E-state index is 0.207. The number of ether oxygens (including phenoxy) is 1. The Labute approximate surface area is 136 Å². The average molecular weight is 330 g/mol. The highest BCUT2D eigenvalue weighted by Gasteiger charge is 2.23. The first-order valence-corrected chi connectivity index (χ1v) is 7.77. The summed E-state index contributed by atoms with van der Waals surface area (Å²) in [6.07, 6.45) is 1.85. The molecule has 0 bridgehead atoms. The van der Waals surface area contributed by atoms with Gasteiger partial charge in [0.1, 0.15) is 5.82 Å². The normalized spacial score (nSPS) is 17.5. The summed E-state index contributed by atoms with van der Waals surface area (Å²) in [6, 6.07) is 6.31. The Balaban J connectivity index is 1.41. The van der Waals surface area contributed by atoms with E-state index < -0.39 is 0 Å². The standard InChI is InChI=1S/C16H15FN4O3/c17-12-4-2-1-3-11(12)16-19-14(24-21-16)6-5-13-18-15(20-23-13)10-7-8-22-9-10/h1-4,10H,5-9H2/t10-/m1/s1. The van der Waals surface area contributed by atoms with Crippen LogP contribution in [0.5, 0.6) is 0 Å². The third-order valence-electron chi connectivity index (χ3n) is 3.91. The van der Waals surface area contributed by atoms with Gasteiger partial charge in [-0.15, -0.1) is 0 Å². The number of aromatic nitrogens is 4. The highest BCUT2D eigenvalue weighted by molar-refractivity contribution is 5.54. The van der Waals surface area contributed by atoms with Gasteiger partial charge >= 0.3 is 0 Å². The van der Waals surface area contributed by atoms with Gasteiger partial charge in [-0.25, -0.2) is 4.39 Å². The summed E-state index contributed by atoms with van der Waals surface area (Å²) in [5.41, 5.74) is 0.314. The molecular weight excluding hydrogens is 315 g/mol. The Kier molecular flexibility index (Phi) is 4.04. The lowest BCUT2D eigenvalue weighted by atomic mass is 10.1. The van der Waals surface area contributed by atoms with E-state index in [0.717, 1.165) is 13.0 Å². The number of aryl methyl sites for hydroxylation is 2. The first kappa shape index (κ1) is 14.9. The molecule has 0 unspecified atom stereocenters. The van der Waals surface area contributed by atoms with Crippen LogP contribution in [-0.4, -0.2) is 33.5 Å². The molecule has 0 amide bonds. The number of halogens is 1. The van der Waals surface area contributed by atoms with Gasteiger partial charge in [-0.3, -0.25) is 0 Å². The Morgan fingerprint density at radius 2 is 1.83 bits per heavy atom. The summed E-state index contributed by atoms with van der Waals surface area (Å²) in [6.45, 7) is 1.37. The van der Waals surface area contributed by atoms with Crippen LogP contribution in [0, 0.1) is 5.82 Å². The Hall–Kier alpha value is -2.61. The monoisotopic (exact) mass is 330 g/mol. The van der Waals surface area contributed by atoms with Crippen LogP contribution in [0.1, 0.15) is 29.9 Å². The number of nitrogens with zero attached hydrogens (tertiary/aromatic N) is 4. The molecule has 0 N–H and O–H groups in total. The molecule has 3 aromatic rings. The van der Waals surface area contributed by atoms with Crippen molar-refractivity contribution in [3.8, 4) is 11.4 Å². The predicted octanol–water partition coefficient (Wildman–Crippen LogP) is 2.55. The minimum Gasteiger partial charge on any atom is -0.381 e. The molecule has 0 aliphatic carbocycles. The summed E-state index contributed by atoms with van der Waals surface area (Å²) in [4.78, 5) is 8.59. The Morgan fingerprint density at radius 3 is 2.62 bits per heavy atom. The molecule has 2 aromatic heterocycles. The number of rotatable bonds is 5. The van der Waals surface area contributed by atoms with Crippen molar-refractivity contribution in [1.29, 1.82) is 0 Å². The van der Waals surface area contributed by atoms with Crippen molar-refractivity contribution in [2.45, 2.75) is 25.2 Å². The van der Waals surface area contributed by atoms with E-state index in [1.807, 2.05) is 0 Å². The van der Waals surface area contributed by atoms with E-state index in [4.69, 9.17) is 13.8 Å². The third-order valence-corrected chi connectivity index (χ3v) is 3.91. The van der Waals surface area contributed by atoms with Crippen molar-refractivity contribution in [3.05, 3.63) is 47.7 Å². The van der Waals surface area contributed by atoms with E-state index >= 15 is 0 Å². The molecule has 1 saturated heterocycles. The van der Waals surface area contributed by atoms with Gasteiger partial charge in [0.05, 0.1) is 12.2 Å². The van der Waals surface area contributed by atoms with Crippen molar-refractivity contribution < 1.29 is 18.2 Å². The number of benzene rings is 1. The second-order valence-electron chi connectivity index (χ2n) is 5.60. The minimum atomic E-state index is -0.384. The van der Waals surface area contributed by atoms with Gasteiger partial charge in [-0.05, 0) is 18.6 Å². The molecule has 1 aromatic carbocycles.